The molecule has 0 bridgehead atoms. The predicted molar refractivity (Wildman–Crippen MR) is 90.4 cm³/mol. The first kappa shape index (κ1) is 18.7. The number of carbonyl (C=O) groups excluding carboxylic acids is 2. The van der Waals surface area contributed by atoms with Gasteiger partial charge in [-0.3, -0.25) is 14.4 Å². The fourth-order valence-electron chi connectivity index (χ4n) is 3.80. The van der Waals surface area contributed by atoms with Crippen LogP contribution in [-0.2, 0) is 14.4 Å². The van der Waals surface area contributed by atoms with Gasteiger partial charge in [-0.15, -0.1) is 0 Å². The van der Waals surface area contributed by atoms with E-state index in [-0.39, 0.29) is 24.3 Å². The molecule has 1 saturated heterocycles. The number of piperidine rings is 1. The first-order valence-corrected chi connectivity index (χ1v) is 9.22. The molecule has 1 heterocycles. The van der Waals surface area contributed by atoms with Crippen LogP contribution >= 0.6 is 0 Å². The molecular formula is C18H30N2O4. The molecule has 0 aromatic carbocycles. The predicted octanol–water partition coefficient (Wildman–Crippen LogP) is 2.13. The number of likely N-dealkylation sites (N-methyl/N-ethyl adjacent to an activating group) is 1. The minimum absolute atomic E-state index is 0.0294. The zero-order chi connectivity index (χ0) is 17.5. The van der Waals surface area contributed by atoms with E-state index in [1.165, 1.54) is 30.6 Å². The van der Waals surface area contributed by atoms with Crippen molar-refractivity contribution in [2.75, 3.05) is 26.7 Å². The summed E-state index contributed by atoms with van der Waals surface area (Å²) in [4.78, 5) is 38.5. The second-order valence-corrected chi connectivity index (χ2v) is 7.29. The van der Waals surface area contributed by atoms with Gasteiger partial charge < -0.3 is 14.9 Å². The average molecular weight is 338 g/mol. The Bertz CT molecular complexity index is 452. The number of likely N-dealkylation sites (tertiary alicyclic amines) is 1. The lowest BCUT2D eigenvalue weighted by molar-refractivity contribution is -0.146. The summed E-state index contributed by atoms with van der Waals surface area (Å²) in [5.74, 6) is -0.381. The van der Waals surface area contributed by atoms with Crippen molar-refractivity contribution in [3.63, 3.8) is 0 Å². The van der Waals surface area contributed by atoms with Crippen LogP contribution in [0.15, 0.2) is 0 Å². The molecule has 1 aliphatic heterocycles. The van der Waals surface area contributed by atoms with Gasteiger partial charge in [0.05, 0.1) is 12.5 Å². The smallest absolute Gasteiger partial charge is 0.306 e. The molecule has 0 atom stereocenters. The van der Waals surface area contributed by atoms with Crippen LogP contribution in [0.3, 0.4) is 0 Å². The molecule has 0 unspecified atom stereocenters. The SMILES string of the molecule is CN(CC(=O)N1CCC(C(=O)O)CC1)C(=O)CCCC1CCCC1. The Kier molecular flexibility index (Phi) is 7.06. The first-order valence-electron chi connectivity index (χ1n) is 9.22. The molecule has 6 heteroatoms. The molecule has 2 fully saturated rings. The molecule has 6 nitrogen and oxygen atoms in total. The molecule has 24 heavy (non-hydrogen) atoms. The van der Waals surface area contributed by atoms with E-state index in [2.05, 4.69) is 0 Å². The van der Waals surface area contributed by atoms with Crippen LogP contribution in [0.5, 0.6) is 0 Å². The van der Waals surface area contributed by atoms with E-state index in [0.717, 1.165) is 18.8 Å². The van der Waals surface area contributed by atoms with Gasteiger partial charge in [-0.05, 0) is 31.6 Å². The minimum atomic E-state index is -0.781. The second kappa shape index (κ2) is 9.04. The number of nitrogens with zero attached hydrogens (tertiary/aromatic N) is 2. The van der Waals surface area contributed by atoms with Crippen molar-refractivity contribution in [3.8, 4) is 0 Å². The van der Waals surface area contributed by atoms with Crippen molar-refractivity contribution >= 4 is 17.8 Å². The van der Waals surface area contributed by atoms with Crippen molar-refractivity contribution in [2.24, 2.45) is 11.8 Å². The highest BCUT2D eigenvalue weighted by Crippen LogP contribution is 2.29. The Morgan fingerprint density at radius 3 is 2.29 bits per heavy atom. The summed E-state index contributed by atoms with van der Waals surface area (Å²) >= 11 is 0. The standard InChI is InChI=1S/C18H30N2O4/c1-19(16(21)8-4-7-14-5-2-3-6-14)13-17(22)20-11-9-15(10-12-20)18(23)24/h14-15H,2-13H2,1H3,(H,23,24). The van der Waals surface area contributed by atoms with E-state index in [9.17, 15) is 14.4 Å². The maximum Gasteiger partial charge on any atom is 0.306 e. The summed E-state index contributed by atoms with van der Waals surface area (Å²) in [7, 11) is 1.68. The summed E-state index contributed by atoms with van der Waals surface area (Å²) < 4.78 is 0. The topological polar surface area (TPSA) is 77.9 Å². The van der Waals surface area contributed by atoms with Crippen LogP contribution in [-0.4, -0.2) is 59.4 Å². The Morgan fingerprint density at radius 1 is 1.08 bits per heavy atom. The van der Waals surface area contributed by atoms with Crippen molar-refractivity contribution in [2.45, 2.75) is 57.8 Å². The lowest BCUT2D eigenvalue weighted by Gasteiger charge is -2.31. The summed E-state index contributed by atoms with van der Waals surface area (Å²) in [6.45, 7) is 1.04. The summed E-state index contributed by atoms with van der Waals surface area (Å²) in [5, 5.41) is 8.99. The van der Waals surface area contributed by atoms with E-state index < -0.39 is 5.97 Å². The number of aliphatic carboxylic acids is 1. The molecule has 0 radical (unpaired) electrons. The molecular weight excluding hydrogens is 308 g/mol. The van der Waals surface area contributed by atoms with Crippen molar-refractivity contribution in [1.29, 1.82) is 0 Å². The summed E-state index contributed by atoms with van der Waals surface area (Å²) in [6.07, 6.45) is 8.80. The highest BCUT2D eigenvalue weighted by atomic mass is 16.4. The van der Waals surface area contributed by atoms with Gasteiger partial charge in [0.25, 0.3) is 0 Å². The summed E-state index contributed by atoms with van der Waals surface area (Å²) in [5.41, 5.74) is 0. The highest BCUT2D eigenvalue weighted by Gasteiger charge is 2.27. The number of carboxylic acids is 1. The Labute approximate surface area is 144 Å². The third-order valence-corrected chi connectivity index (χ3v) is 5.47. The van der Waals surface area contributed by atoms with E-state index in [1.54, 1.807) is 11.9 Å². The summed E-state index contributed by atoms with van der Waals surface area (Å²) in [6, 6.07) is 0. The van der Waals surface area contributed by atoms with Gasteiger partial charge in [-0.2, -0.15) is 0 Å². The highest BCUT2D eigenvalue weighted by molar-refractivity contribution is 5.84. The third-order valence-electron chi connectivity index (χ3n) is 5.47. The van der Waals surface area contributed by atoms with E-state index in [4.69, 9.17) is 5.11 Å². The number of amides is 2. The Balaban J connectivity index is 1.65. The average Bonchev–Trinajstić information content (AvgIpc) is 3.08. The van der Waals surface area contributed by atoms with Crippen LogP contribution in [0.25, 0.3) is 0 Å². The number of hydrogen-bond acceptors (Lipinski definition) is 3. The number of carboxylic acid groups (broad SMARTS) is 1. The quantitative estimate of drug-likeness (QED) is 0.771. The van der Waals surface area contributed by atoms with Gasteiger partial charge in [0, 0.05) is 26.6 Å². The first-order chi connectivity index (χ1) is 11.5. The molecule has 2 amide bonds. The van der Waals surface area contributed by atoms with Crippen LogP contribution in [0.4, 0.5) is 0 Å². The zero-order valence-electron chi connectivity index (χ0n) is 14.7. The molecule has 1 N–H and O–H groups in total. The largest absolute Gasteiger partial charge is 0.481 e. The van der Waals surface area contributed by atoms with Gasteiger partial charge in [0.1, 0.15) is 0 Å². The fraction of sp³-hybridized carbons (Fsp3) is 0.833. The molecule has 1 aliphatic carbocycles. The third kappa shape index (κ3) is 5.49. The maximum absolute atomic E-state index is 12.3. The number of rotatable bonds is 7. The fourth-order valence-corrected chi connectivity index (χ4v) is 3.80. The van der Waals surface area contributed by atoms with Gasteiger partial charge in [0.15, 0.2) is 0 Å². The molecule has 2 aliphatic rings. The van der Waals surface area contributed by atoms with Crippen LogP contribution in [0, 0.1) is 11.8 Å². The maximum atomic E-state index is 12.3. The Morgan fingerprint density at radius 2 is 1.71 bits per heavy atom. The second-order valence-electron chi connectivity index (χ2n) is 7.29. The molecule has 0 aromatic heterocycles. The van der Waals surface area contributed by atoms with E-state index in [0.29, 0.717) is 32.4 Å². The van der Waals surface area contributed by atoms with Crippen LogP contribution in [0.1, 0.15) is 57.8 Å². The van der Waals surface area contributed by atoms with Crippen LogP contribution in [0.2, 0.25) is 0 Å². The number of hydrogen-bond donors (Lipinski definition) is 1. The van der Waals surface area contributed by atoms with Crippen molar-refractivity contribution in [3.05, 3.63) is 0 Å². The molecule has 0 aromatic rings. The van der Waals surface area contributed by atoms with Gasteiger partial charge in [-0.1, -0.05) is 25.7 Å². The van der Waals surface area contributed by atoms with Gasteiger partial charge in [0.2, 0.25) is 11.8 Å². The van der Waals surface area contributed by atoms with E-state index in [1.807, 2.05) is 0 Å². The Hall–Kier alpha value is -1.59. The lowest BCUT2D eigenvalue weighted by atomic mass is 9.97. The van der Waals surface area contributed by atoms with Crippen molar-refractivity contribution in [1.82, 2.24) is 9.80 Å². The van der Waals surface area contributed by atoms with Crippen molar-refractivity contribution < 1.29 is 19.5 Å². The lowest BCUT2D eigenvalue weighted by Crippen LogP contribution is -2.45. The minimum Gasteiger partial charge on any atom is -0.481 e. The zero-order valence-corrected chi connectivity index (χ0v) is 14.7. The number of carbonyl (C=O) groups is 3. The van der Waals surface area contributed by atoms with Gasteiger partial charge in [-0.25, -0.2) is 0 Å². The molecule has 0 spiro atoms. The molecule has 136 valence electrons. The molecule has 1 saturated carbocycles. The molecule has 2 rings (SSSR count). The van der Waals surface area contributed by atoms with E-state index >= 15 is 0 Å². The normalized spacial score (nSPS) is 19.5. The van der Waals surface area contributed by atoms with Crippen LogP contribution < -0.4 is 0 Å². The van der Waals surface area contributed by atoms with Gasteiger partial charge >= 0.3 is 5.97 Å². The monoisotopic (exact) mass is 338 g/mol.